The number of nitrogens with one attached hydrogen (secondary N) is 1. The summed E-state index contributed by atoms with van der Waals surface area (Å²) in [5.41, 5.74) is 1.65. The fourth-order valence-electron chi connectivity index (χ4n) is 4.39. The van der Waals surface area contributed by atoms with E-state index >= 15 is 0 Å². The Morgan fingerprint density at radius 3 is 2.65 bits per heavy atom. The van der Waals surface area contributed by atoms with E-state index in [1.54, 1.807) is 17.9 Å². The number of aromatic nitrogens is 3. The van der Waals surface area contributed by atoms with Gasteiger partial charge in [0.05, 0.1) is 19.9 Å². The van der Waals surface area contributed by atoms with Crippen molar-refractivity contribution in [3.05, 3.63) is 75.9 Å². The molecule has 1 aliphatic rings. The second-order valence-corrected chi connectivity index (χ2v) is 9.28. The van der Waals surface area contributed by atoms with Gasteiger partial charge in [-0.3, -0.25) is 4.79 Å². The van der Waals surface area contributed by atoms with Crippen LogP contribution in [0.15, 0.2) is 57.9 Å². The number of benzene rings is 2. The van der Waals surface area contributed by atoms with Gasteiger partial charge < -0.3 is 24.1 Å². The molecule has 1 fully saturated rings. The molecule has 4 aromatic rings. The largest absolute Gasteiger partial charge is 0.497 e. The quantitative estimate of drug-likeness (QED) is 0.382. The smallest absolute Gasteiger partial charge is 0.360 e. The van der Waals surface area contributed by atoms with Crippen molar-refractivity contribution in [3.63, 3.8) is 0 Å². The molecule has 3 heterocycles. The number of hydrogen-bond donors (Lipinski definition) is 1. The van der Waals surface area contributed by atoms with Gasteiger partial charge in [0.25, 0.3) is 5.91 Å². The molecule has 1 N–H and O–H groups in total. The highest BCUT2D eigenvalue weighted by Crippen LogP contribution is 2.30. The van der Waals surface area contributed by atoms with E-state index in [-0.39, 0.29) is 17.5 Å². The van der Waals surface area contributed by atoms with Crippen LogP contribution in [0.3, 0.4) is 0 Å². The second-order valence-electron chi connectivity index (χ2n) is 9.28. The lowest BCUT2D eigenvalue weighted by atomic mass is 10.1. The Hall–Kier alpha value is -4.18. The number of nitrogens with zero attached hydrogens (tertiary/aromatic N) is 4. The number of fused-ring (bicyclic) bond motifs is 1. The average molecular weight is 504 g/mol. The van der Waals surface area contributed by atoms with Crippen molar-refractivity contribution in [2.24, 2.45) is 0 Å². The molecule has 192 valence electrons. The minimum atomic E-state index is -0.647. The first-order valence-corrected chi connectivity index (χ1v) is 12.2. The third-order valence-corrected chi connectivity index (χ3v) is 6.58. The maximum Gasteiger partial charge on any atom is 0.360 e. The van der Waals surface area contributed by atoms with Crippen molar-refractivity contribution in [1.29, 1.82) is 0 Å². The van der Waals surface area contributed by atoms with Crippen LogP contribution in [-0.2, 0) is 6.54 Å². The number of rotatable bonds is 7. The third-order valence-electron chi connectivity index (χ3n) is 6.58. The summed E-state index contributed by atoms with van der Waals surface area (Å²) in [7, 11) is 3.71. The highest BCUT2D eigenvalue weighted by Gasteiger charge is 2.20. The Labute approximate surface area is 213 Å². The number of hydrogen-bond acceptors (Lipinski definition) is 8. The predicted octanol–water partition coefficient (Wildman–Crippen LogP) is 3.48. The first-order valence-electron chi connectivity index (χ1n) is 12.2. The zero-order chi connectivity index (χ0) is 25.9. The van der Waals surface area contributed by atoms with Crippen LogP contribution in [-0.4, -0.2) is 59.2 Å². The van der Waals surface area contributed by atoms with Gasteiger partial charge in [0, 0.05) is 24.0 Å². The maximum atomic E-state index is 12.8. The van der Waals surface area contributed by atoms with Gasteiger partial charge in [-0.15, -0.1) is 5.10 Å². The summed E-state index contributed by atoms with van der Waals surface area (Å²) in [6.45, 7) is 4.29. The summed E-state index contributed by atoms with van der Waals surface area (Å²) in [6, 6.07) is 12.8. The summed E-state index contributed by atoms with van der Waals surface area (Å²) in [5, 5.41) is 11.3. The van der Waals surface area contributed by atoms with Crippen molar-refractivity contribution < 1.29 is 18.7 Å². The number of carbonyl (C=O) groups excluding carboxylic acids is 1. The van der Waals surface area contributed by atoms with E-state index < -0.39 is 11.5 Å². The predicted molar refractivity (Wildman–Crippen MR) is 138 cm³/mol. The van der Waals surface area contributed by atoms with Crippen LogP contribution in [0.5, 0.6) is 11.5 Å². The van der Waals surface area contributed by atoms with Crippen molar-refractivity contribution in [1.82, 2.24) is 19.9 Å². The van der Waals surface area contributed by atoms with E-state index in [9.17, 15) is 9.59 Å². The lowest BCUT2D eigenvalue weighted by Crippen LogP contribution is -2.35. The van der Waals surface area contributed by atoms with Gasteiger partial charge in [-0.2, -0.15) is 0 Å². The molecule has 1 aliphatic heterocycles. The molecule has 10 nitrogen and oxygen atoms in total. The second kappa shape index (κ2) is 10.4. The Morgan fingerprint density at radius 2 is 1.92 bits per heavy atom. The summed E-state index contributed by atoms with van der Waals surface area (Å²) in [6.07, 6.45) is 3.57. The minimum absolute atomic E-state index is 0.0330. The van der Waals surface area contributed by atoms with Crippen LogP contribution >= 0.6 is 0 Å². The summed E-state index contributed by atoms with van der Waals surface area (Å²) >= 11 is 0. The Balaban J connectivity index is 1.29. The summed E-state index contributed by atoms with van der Waals surface area (Å²) < 4.78 is 18.5. The third kappa shape index (κ3) is 5.49. The Bertz CT molecular complexity index is 1470. The standard InChI is InChI=1S/C27H29N5O5/c1-17-24(36-21-10-12-31(2)13-11-21)9-6-19-14-22(27(34)37-25(17)19)28-26(33)23-16-32(30-29-23)15-18-4-7-20(35-3)8-5-18/h4-9,14,16,21H,10-13,15H2,1-3H3,(H,28,33). The number of aryl methyl sites for hydroxylation is 1. The number of amides is 1. The summed E-state index contributed by atoms with van der Waals surface area (Å²) in [5.74, 6) is 0.912. The molecule has 0 unspecified atom stereocenters. The first kappa shape index (κ1) is 24.5. The molecule has 0 atom stereocenters. The monoisotopic (exact) mass is 503 g/mol. The van der Waals surface area contributed by atoms with E-state index in [1.807, 2.05) is 43.3 Å². The molecule has 0 radical (unpaired) electrons. The number of carbonyl (C=O) groups is 1. The average Bonchev–Trinajstić information content (AvgIpc) is 3.37. The fraction of sp³-hybridized carbons (Fsp3) is 0.333. The SMILES string of the molecule is COc1ccc(Cn2cc(C(=O)Nc3cc4ccc(OC5CCN(C)CC5)c(C)c4oc3=O)nn2)cc1. The summed E-state index contributed by atoms with van der Waals surface area (Å²) in [4.78, 5) is 27.8. The van der Waals surface area contributed by atoms with Crippen molar-refractivity contribution in [2.75, 3.05) is 32.6 Å². The van der Waals surface area contributed by atoms with Gasteiger partial charge in [-0.25, -0.2) is 9.48 Å². The van der Waals surface area contributed by atoms with Crippen molar-refractivity contribution in [3.8, 4) is 11.5 Å². The number of likely N-dealkylation sites (tertiary alicyclic amines) is 1. The number of piperidine rings is 1. The lowest BCUT2D eigenvalue weighted by Gasteiger charge is -2.29. The molecule has 0 saturated carbocycles. The number of methoxy groups -OCH3 is 1. The molecule has 5 rings (SSSR count). The van der Waals surface area contributed by atoms with E-state index in [2.05, 4.69) is 27.6 Å². The van der Waals surface area contributed by atoms with Gasteiger partial charge in [-0.1, -0.05) is 17.3 Å². The van der Waals surface area contributed by atoms with Crippen molar-refractivity contribution >= 4 is 22.6 Å². The molecule has 2 aromatic heterocycles. The molecule has 0 aliphatic carbocycles. The lowest BCUT2D eigenvalue weighted by molar-refractivity contribution is 0.102. The topological polar surface area (TPSA) is 112 Å². The maximum absolute atomic E-state index is 12.8. The highest BCUT2D eigenvalue weighted by molar-refractivity contribution is 6.03. The normalized spacial score (nSPS) is 14.6. The molecule has 0 spiro atoms. The van der Waals surface area contributed by atoms with Gasteiger partial charge in [0.1, 0.15) is 28.9 Å². The fourth-order valence-corrected chi connectivity index (χ4v) is 4.39. The molecule has 1 saturated heterocycles. The van der Waals surface area contributed by atoms with Crippen molar-refractivity contribution in [2.45, 2.75) is 32.4 Å². The van der Waals surface area contributed by atoms with Crippen LogP contribution < -0.4 is 20.4 Å². The van der Waals surface area contributed by atoms with Crippen LogP contribution in [0.1, 0.15) is 34.5 Å². The van der Waals surface area contributed by atoms with Crippen LogP contribution in [0.2, 0.25) is 0 Å². The Morgan fingerprint density at radius 1 is 1.16 bits per heavy atom. The van der Waals surface area contributed by atoms with Crippen LogP contribution in [0.25, 0.3) is 11.0 Å². The van der Waals surface area contributed by atoms with E-state index in [0.717, 1.165) is 42.8 Å². The zero-order valence-electron chi connectivity index (χ0n) is 21.1. The van der Waals surface area contributed by atoms with Gasteiger partial charge in [0.15, 0.2) is 5.69 Å². The van der Waals surface area contributed by atoms with Crippen LogP contribution in [0, 0.1) is 6.92 Å². The van der Waals surface area contributed by atoms with Gasteiger partial charge >= 0.3 is 5.63 Å². The minimum Gasteiger partial charge on any atom is -0.497 e. The molecular weight excluding hydrogens is 474 g/mol. The molecule has 1 amide bonds. The van der Waals surface area contributed by atoms with E-state index in [0.29, 0.717) is 23.3 Å². The first-order chi connectivity index (χ1) is 17.9. The molecular formula is C27H29N5O5. The van der Waals surface area contributed by atoms with Crippen LogP contribution in [0.4, 0.5) is 5.69 Å². The Kier molecular flexibility index (Phi) is 6.91. The zero-order valence-corrected chi connectivity index (χ0v) is 21.1. The highest BCUT2D eigenvalue weighted by atomic mass is 16.5. The number of anilines is 1. The molecule has 10 heteroatoms. The van der Waals surface area contributed by atoms with E-state index in [4.69, 9.17) is 13.9 Å². The van der Waals surface area contributed by atoms with Gasteiger partial charge in [0.2, 0.25) is 0 Å². The molecule has 2 aromatic carbocycles. The number of ether oxygens (including phenoxy) is 2. The molecule has 37 heavy (non-hydrogen) atoms. The van der Waals surface area contributed by atoms with Gasteiger partial charge in [-0.05, 0) is 62.7 Å². The van der Waals surface area contributed by atoms with E-state index in [1.165, 1.54) is 6.20 Å². The molecule has 0 bridgehead atoms.